The molecule has 2 aliphatic carbocycles. The van der Waals surface area contributed by atoms with Gasteiger partial charge in [-0.15, -0.1) is 0 Å². The second-order valence-electron chi connectivity index (χ2n) is 6.17. The topological polar surface area (TPSA) is 72.6 Å². The minimum absolute atomic E-state index is 0.0342. The first kappa shape index (κ1) is 12.5. The van der Waals surface area contributed by atoms with Gasteiger partial charge in [-0.25, -0.2) is 0 Å². The van der Waals surface area contributed by atoms with E-state index in [0.717, 1.165) is 43.8 Å². The van der Waals surface area contributed by atoms with Gasteiger partial charge in [-0.2, -0.15) is 0 Å². The molecular weight excluding hydrogens is 248 g/mol. The Morgan fingerprint density at radius 3 is 2.47 bits per heavy atom. The van der Waals surface area contributed by atoms with E-state index in [-0.39, 0.29) is 6.04 Å². The number of ether oxygens (including phenoxy) is 2. The molecule has 0 spiro atoms. The SMILES string of the molecule is [O-]N(OCNC1CCC2OC2C1)C1CCC2OC2C1. The summed E-state index contributed by atoms with van der Waals surface area (Å²) in [6, 6.07) is 0.396. The monoisotopic (exact) mass is 269 g/mol. The van der Waals surface area contributed by atoms with Gasteiger partial charge in [0.05, 0.1) is 24.4 Å². The van der Waals surface area contributed by atoms with Crippen LogP contribution in [0, 0.1) is 5.21 Å². The molecule has 0 aromatic rings. The summed E-state index contributed by atoms with van der Waals surface area (Å²) in [7, 11) is 0. The van der Waals surface area contributed by atoms with Crippen LogP contribution in [0.15, 0.2) is 0 Å². The van der Waals surface area contributed by atoms with E-state index in [2.05, 4.69) is 5.32 Å². The molecule has 4 rings (SSSR count). The lowest BCUT2D eigenvalue weighted by molar-refractivity contribution is -0.162. The zero-order valence-corrected chi connectivity index (χ0v) is 11.0. The molecule has 2 aliphatic heterocycles. The average Bonchev–Trinajstić information content (AvgIpc) is 3.31. The highest BCUT2D eigenvalue weighted by molar-refractivity contribution is 4.95. The van der Waals surface area contributed by atoms with Crippen molar-refractivity contribution >= 4 is 0 Å². The number of fused-ring (bicyclic) bond motifs is 2. The Labute approximate surface area is 112 Å². The van der Waals surface area contributed by atoms with Gasteiger partial charge in [-0.1, -0.05) is 0 Å². The van der Waals surface area contributed by atoms with Crippen molar-refractivity contribution in [1.29, 1.82) is 0 Å². The Kier molecular flexibility index (Phi) is 3.25. The highest BCUT2D eigenvalue weighted by Gasteiger charge is 2.45. The molecule has 108 valence electrons. The minimum atomic E-state index is -0.0342. The van der Waals surface area contributed by atoms with E-state index < -0.39 is 0 Å². The molecule has 6 nitrogen and oxygen atoms in total. The quantitative estimate of drug-likeness (QED) is 0.454. The zero-order chi connectivity index (χ0) is 12.8. The van der Waals surface area contributed by atoms with E-state index in [1.807, 2.05) is 0 Å². The third-order valence-corrected chi connectivity index (χ3v) is 4.84. The molecule has 4 aliphatic rings. The predicted octanol–water partition coefficient (Wildman–Crippen LogP) is 0.905. The van der Waals surface area contributed by atoms with Crippen LogP contribution in [-0.2, 0) is 14.3 Å². The van der Waals surface area contributed by atoms with E-state index in [9.17, 15) is 5.21 Å². The van der Waals surface area contributed by atoms with E-state index in [0.29, 0.717) is 37.2 Å². The summed E-state index contributed by atoms with van der Waals surface area (Å²) in [4.78, 5) is 5.27. The van der Waals surface area contributed by atoms with Crippen molar-refractivity contribution in [3.05, 3.63) is 5.21 Å². The molecule has 0 amide bonds. The standard InChI is InChI=1S/C13H21N2O4/c16-15(9-2-4-11-13(6-9)19-11)17-7-14-8-1-3-10-12(5-8)18-10/h8-14H,1-7H2/q-1. The second kappa shape index (κ2) is 4.95. The molecule has 1 N–H and O–H groups in total. The van der Waals surface area contributed by atoms with E-state index >= 15 is 0 Å². The minimum Gasteiger partial charge on any atom is -0.762 e. The van der Waals surface area contributed by atoms with Crippen molar-refractivity contribution in [2.75, 3.05) is 6.73 Å². The van der Waals surface area contributed by atoms with Crippen molar-refractivity contribution < 1.29 is 14.3 Å². The van der Waals surface area contributed by atoms with Gasteiger partial charge in [0.1, 0.15) is 6.73 Å². The Morgan fingerprint density at radius 1 is 1.00 bits per heavy atom. The molecule has 6 atom stereocenters. The number of nitrogens with one attached hydrogen (secondary N) is 1. The number of nitrogens with zero attached hydrogens (tertiary/aromatic N) is 1. The van der Waals surface area contributed by atoms with Crippen molar-refractivity contribution in [2.24, 2.45) is 0 Å². The Morgan fingerprint density at radius 2 is 1.74 bits per heavy atom. The van der Waals surface area contributed by atoms with E-state index in [4.69, 9.17) is 14.3 Å². The van der Waals surface area contributed by atoms with Crippen LogP contribution < -0.4 is 5.32 Å². The van der Waals surface area contributed by atoms with Crippen LogP contribution in [0.1, 0.15) is 38.5 Å². The molecule has 6 heteroatoms. The van der Waals surface area contributed by atoms with Crippen LogP contribution >= 0.6 is 0 Å². The molecular formula is C13H21N2O4-. The Balaban J connectivity index is 1.15. The summed E-state index contributed by atoms with van der Waals surface area (Å²) in [6.45, 7) is 0.303. The summed E-state index contributed by atoms with van der Waals surface area (Å²) in [5, 5.41) is 15.9. The van der Waals surface area contributed by atoms with Crippen molar-refractivity contribution in [3.63, 3.8) is 0 Å². The van der Waals surface area contributed by atoms with Gasteiger partial charge < -0.3 is 14.7 Å². The van der Waals surface area contributed by atoms with Gasteiger partial charge in [0, 0.05) is 12.1 Å². The van der Waals surface area contributed by atoms with Crippen molar-refractivity contribution in [1.82, 2.24) is 10.5 Å². The van der Waals surface area contributed by atoms with Crippen LogP contribution in [-0.4, -0.2) is 48.5 Å². The fourth-order valence-corrected chi connectivity index (χ4v) is 3.49. The number of epoxide rings is 2. The molecule has 2 heterocycles. The van der Waals surface area contributed by atoms with E-state index in [1.165, 1.54) is 0 Å². The molecule has 2 saturated heterocycles. The van der Waals surface area contributed by atoms with Gasteiger partial charge >= 0.3 is 0 Å². The van der Waals surface area contributed by atoms with Gasteiger partial charge in [-0.05, 0) is 38.5 Å². The average molecular weight is 269 g/mol. The van der Waals surface area contributed by atoms with Crippen molar-refractivity contribution in [3.8, 4) is 0 Å². The highest BCUT2D eigenvalue weighted by atomic mass is 16.9. The smallest absolute Gasteiger partial charge is 0.118 e. The summed E-state index contributed by atoms with van der Waals surface area (Å²) in [6.07, 6.45) is 7.70. The first-order valence-electron chi connectivity index (χ1n) is 7.43. The largest absolute Gasteiger partial charge is 0.762 e. The third kappa shape index (κ3) is 2.79. The van der Waals surface area contributed by atoms with Gasteiger partial charge in [0.25, 0.3) is 0 Å². The lowest BCUT2D eigenvalue weighted by Crippen LogP contribution is -2.40. The van der Waals surface area contributed by atoms with Crippen LogP contribution in [0.2, 0.25) is 0 Å². The Hall–Kier alpha value is -0.240. The predicted molar refractivity (Wildman–Crippen MR) is 66.9 cm³/mol. The van der Waals surface area contributed by atoms with Crippen LogP contribution in [0.25, 0.3) is 0 Å². The second-order valence-corrected chi connectivity index (χ2v) is 6.17. The van der Waals surface area contributed by atoms with Gasteiger partial charge in [0.2, 0.25) is 0 Å². The number of hydrogen-bond donors (Lipinski definition) is 1. The molecule has 0 aromatic heterocycles. The fraction of sp³-hybridized carbons (Fsp3) is 1.00. The maximum atomic E-state index is 11.9. The lowest BCUT2D eigenvalue weighted by atomic mass is 9.96. The van der Waals surface area contributed by atoms with Crippen LogP contribution in [0.3, 0.4) is 0 Å². The maximum Gasteiger partial charge on any atom is 0.118 e. The highest BCUT2D eigenvalue weighted by Crippen LogP contribution is 2.38. The van der Waals surface area contributed by atoms with Crippen molar-refractivity contribution in [2.45, 2.75) is 75.0 Å². The number of hydrogen-bond acceptors (Lipinski definition) is 6. The Bertz CT molecular complexity index is 343. The molecule has 19 heavy (non-hydrogen) atoms. The molecule has 0 aromatic carbocycles. The molecule has 0 radical (unpaired) electrons. The number of hydroxylamine groups is 2. The fourth-order valence-electron chi connectivity index (χ4n) is 3.49. The summed E-state index contributed by atoms with van der Waals surface area (Å²) in [5.74, 6) is 0. The lowest BCUT2D eigenvalue weighted by Gasteiger charge is -2.37. The molecule has 4 fully saturated rings. The van der Waals surface area contributed by atoms with Crippen LogP contribution in [0.4, 0.5) is 0 Å². The summed E-state index contributed by atoms with van der Waals surface area (Å²) >= 11 is 0. The zero-order valence-electron chi connectivity index (χ0n) is 11.0. The van der Waals surface area contributed by atoms with Crippen LogP contribution in [0.5, 0.6) is 0 Å². The third-order valence-electron chi connectivity index (χ3n) is 4.84. The van der Waals surface area contributed by atoms with Gasteiger partial charge in [-0.3, -0.25) is 15.4 Å². The summed E-state index contributed by atoms with van der Waals surface area (Å²) in [5.41, 5.74) is 0. The maximum absolute atomic E-state index is 11.9. The number of rotatable bonds is 5. The van der Waals surface area contributed by atoms with Gasteiger partial charge in [0.15, 0.2) is 0 Å². The first-order valence-corrected chi connectivity index (χ1v) is 7.43. The normalized spacial score (nSPS) is 47.7. The first-order chi connectivity index (χ1) is 9.29. The molecule has 2 saturated carbocycles. The molecule has 0 bridgehead atoms. The van der Waals surface area contributed by atoms with E-state index in [1.54, 1.807) is 0 Å². The summed E-state index contributed by atoms with van der Waals surface area (Å²) < 4.78 is 10.9. The molecule has 6 unspecified atom stereocenters.